The van der Waals surface area contributed by atoms with Crippen LogP contribution < -0.4 is 5.32 Å². The molecule has 0 unspecified atom stereocenters. The fraction of sp³-hybridized carbons (Fsp3) is 0.364. The molecular formula is C11H14N4O2. The van der Waals surface area contributed by atoms with Crippen LogP contribution in [0.15, 0.2) is 10.6 Å². The van der Waals surface area contributed by atoms with E-state index in [1.165, 1.54) is 0 Å². The van der Waals surface area contributed by atoms with Crippen molar-refractivity contribution in [3.63, 3.8) is 0 Å². The number of aromatic nitrogens is 3. The summed E-state index contributed by atoms with van der Waals surface area (Å²) < 4.78 is 6.58. The summed E-state index contributed by atoms with van der Waals surface area (Å²) in [4.78, 5) is 11.9. The van der Waals surface area contributed by atoms with Gasteiger partial charge in [-0.25, -0.2) is 0 Å². The van der Waals surface area contributed by atoms with Gasteiger partial charge in [0.1, 0.15) is 5.76 Å². The lowest BCUT2D eigenvalue weighted by atomic mass is 10.3. The third kappa shape index (κ3) is 2.06. The Hall–Kier alpha value is -2.11. The van der Waals surface area contributed by atoms with E-state index in [1.54, 1.807) is 17.7 Å². The molecule has 1 amide bonds. The fourth-order valence-electron chi connectivity index (χ4n) is 1.61. The Balaban J connectivity index is 2.24. The molecule has 1 N–H and O–H groups in total. The summed E-state index contributed by atoms with van der Waals surface area (Å²) in [6, 6.07) is 1.59. The van der Waals surface area contributed by atoms with Crippen molar-refractivity contribution in [2.45, 2.75) is 20.8 Å². The minimum absolute atomic E-state index is 0.269. The van der Waals surface area contributed by atoms with Gasteiger partial charge in [-0.3, -0.25) is 9.48 Å². The zero-order chi connectivity index (χ0) is 12.6. The largest absolute Gasteiger partial charge is 0.361 e. The number of nitrogens with zero attached hydrogens (tertiary/aromatic N) is 3. The normalized spacial score (nSPS) is 10.6. The Morgan fingerprint density at radius 3 is 2.59 bits per heavy atom. The minimum atomic E-state index is -0.291. The molecule has 6 nitrogen and oxygen atoms in total. The minimum Gasteiger partial charge on any atom is -0.361 e. The maximum atomic E-state index is 11.9. The predicted molar refractivity (Wildman–Crippen MR) is 61.9 cm³/mol. The van der Waals surface area contributed by atoms with E-state index < -0.39 is 0 Å². The molecule has 6 heteroatoms. The molecule has 2 aromatic rings. The second-order valence-electron chi connectivity index (χ2n) is 3.95. The fourth-order valence-corrected chi connectivity index (χ4v) is 1.61. The first kappa shape index (κ1) is 11.4. The summed E-state index contributed by atoms with van der Waals surface area (Å²) >= 11 is 0. The van der Waals surface area contributed by atoms with Crippen molar-refractivity contribution >= 4 is 11.6 Å². The Bertz CT molecular complexity index is 568. The number of carbonyl (C=O) groups excluding carboxylic acids is 1. The number of nitrogens with one attached hydrogen (secondary N) is 1. The van der Waals surface area contributed by atoms with Crippen LogP contribution in [0.4, 0.5) is 5.69 Å². The van der Waals surface area contributed by atoms with Crippen LogP contribution in [0.1, 0.15) is 27.6 Å². The summed E-state index contributed by atoms with van der Waals surface area (Å²) in [5, 5.41) is 10.7. The number of aryl methyl sites for hydroxylation is 3. The summed E-state index contributed by atoms with van der Waals surface area (Å²) in [5.74, 6) is 0.316. The van der Waals surface area contributed by atoms with Gasteiger partial charge in [0.05, 0.1) is 17.1 Å². The van der Waals surface area contributed by atoms with E-state index in [0.29, 0.717) is 5.76 Å². The summed E-state index contributed by atoms with van der Waals surface area (Å²) in [5.41, 5.74) is 2.66. The van der Waals surface area contributed by atoms with Crippen LogP contribution >= 0.6 is 0 Å². The van der Waals surface area contributed by atoms with Crippen LogP contribution in [0.2, 0.25) is 0 Å². The molecule has 0 atom stereocenters. The molecule has 0 aromatic carbocycles. The van der Waals surface area contributed by atoms with Gasteiger partial charge in [0.25, 0.3) is 5.91 Å². The molecule has 0 aliphatic rings. The highest BCUT2D eigenvalue weighted by Gasteiger charge is 2.16. The standard InChI is InChI=1S/C11H14N4O2/c1-6-5-9(14-17-6)11(16)12-10-7(2)13-15(4)8(10)3/h5H,1-4H3,(H,12,16). The highest BCUT2D eigenvalue weighted by Crippen LogP contribution is 2.19. The topological polar surface area (TPSA) is 73.0 Å². The van der Waals surface area contributed by atoms with Crippen LogP contribution in [0, 0.1) is 20.8 Å². The molecule has 0 spiro atoms. The van der Waals surface area contributed by atoms with Crippen molar-refractivity contribution in [3.05, 3.63) is 28.9 Å². The van der Waals surface area contributed by atoms with E-state index in [-0.39, 0.29) is 11.6 Å². The number of hydrogen-bond acceptors (Lipinski definition) is 4. The third-order valence-electron chi connectivity index (χ3n) is 2.61. The van der Waals surface area contributed by atoms with Gasteiger partial charge in [-0.2, -0.15) is 5.10 Å². The van der Waals surface area contributed by atoms with Gasteiger partial charge in [-0.05, 0) is 20.8 Å². The molecule has 2 rings (SSSR count). The number of anilines is 1. The van der Waals surface area contributed by atoms with E-state index in [9.17, 15) is 4.79 Å². The smallest absolute Gasteiger partial charge is 0.277 e. The maximum Gasteiger partial charge on any atom is 0.277 e. The van der Waals surface area contributed by atoms with Crippen LogP contribution in [0.3, 0.4) is 0 Å². The molecule has 0 saturated carbocycles. The second kappa shape index (κ2) is 4.04. The molecule has 0 aliphatic heterocycles. The van der Waals surface area contributed by atoms with Gasteiger partial charge in [0.15, 0.2) is 5.69 Å². The van der Waals surface area contributed by atoms with Crippen LogP contribution in [-0.4, -0.2) is 20.8 Å². The highest BCUT2D eigenvalue weighted by atomic mass is 16.5. The quantitative estimate of drug-likeness (QED) is 0.856. The zero-order valence-electron chi connectivity index (χ0n) is 10.2. The van der Waals surface area contributed by atoms with Gasteiger partial charge < -0.3 is 9.84 Å². The van der Waals surface area contributed by atoms with E-state index in [1.807, 2.05) is 20.9 Å². The van der Waals surface area contributed by atoms with E-state index in [4.69, 9.17) is 4.52 Å². The highest BCUT2D eigenvalue weighted by molar-refractivity contribution is 6.03. The lowest BCUT2D eigenvalue weighted by Gasteiger charge is -2.02. The molecule has 17 heavy (non-hydrogen) atoms. The molecule has 2 aromatic heterocycles. The summed E-state index contributed by atoms with van der Waals surface area (Å²) in [6.45, 7) is 5.48. The zero-order valence-corrected chi connectivity index (χ0v) is 10.2. The first-order valence-electron chi connectivity index (χ1n) is 5.24. The Labute approximate surface area is 98.6 Å². The number of rotatable bonds is 2. The number of amides is 1. The SMILES string of the molecule is Cc1cc(C(=O)Nc2c(C)nn(C)c2C)no1. The van der Waals surface area contributed by atoms with E-state index in [2.05, 4.69) is 15.6 Å². The van der Waals surface area contributed by atoms with Crippen molar-refractivity contribution in [2.75, 3.05) is 5.32 Å². The van der Waals surface area contributed by atoms with Crippen LogP contribution in [0.25, 0.3) is 0 Å². The average molecular weight is 234 g/mol. The molecule has 0 fully saturated rings. The van der Waals surface area contributed by atoms with Crippen LogP contribution in [-0.2, 0) is 7.05 Å². The molecule has 2 heterocycles. The Morgan fingerprint density at radius 1 is 1.41 bits per heavy atom. The van der Waals surface area contributed by atoms with Gasteiger partial charge in [-0.15, -0.1) is 0 Å². The number of carbonyl (C=O) groups is 1. The molecule has 0 aliphatic carbocycles. The molecule has 0 saturated heterocycles. The van der Waals surface area contributed by atoms with Gasteiger partial charge in [0.2, 0.25) is 0 Å². The van der Waals surface area contributed by atoms with Gasteiger partial charge >= 0.3 is 0 Å². The van der Waals surface area contributed by atoms with Gasteiger partial charge in [0, 0.05) is 13.1 Å². The first-order valence-corrected chi connectivity index (χ1v) is 5.24. The number of hydrogen-bond donors (Lipinski definition) is 1. The van der Waals surface area contributed by atoms with Gasteiger partial charge in [-0.1, -0.05) is 5.16 Å². The Kier molecular flexibility index (Phi) is 2.71. The monoisotopic (exact) mass is 234 g/mol. The Morgan fingerprint density at radius 2 is 2.12 bits per heavy atom. The third-order valence-corrected chi connectivity index (χ3v) is 2.61. The summed E-state index contributed by atoms with van der Waals surface area (Å²) in [7, 11) is 1.83. The van der Waals surface area contributed by atoms with E-state index >= 15 is 0 Å². The predicted octanol–water partition coefficient (Wildman–Crippen LogP) is 1.59. The summed E-state index contributed by atoms with van der Waals surface area (Å²) in [6.07, 6.45) is 0. The molecule has 90 valence electrons. The van der Waals surface area contributed by atoms with Crippen molar-refractivity contribution < 1.29 is 9.32 Å². The lowest BCUT2D eigenvalue weighted by Crippen LogP contribution is -2.13. The van der Waals surface area contributed by atoms with Crippen molar-refractivity contribution in [1.29, 1.82) is 0 Å². The van der Waals surface area contributed by atoms with Crippen LogP contribution in [0.5, 0.6) is 0 Å². The molecule has 0 radical (unpaired) electrons. The molecular weight excluding hydrogens is 220 g/mol. The maximum absolute atomic E-state index is 11.9. The van der Waals surface area contributed by atoms with E-state index in [0.717, 1.165) is 17.1 Å². The lowest BCUT2D eigenvalue weighted by molar-refractivity contribution is 0.101. The van der Waals surface area contributed by atoms with Crippen molar-refractivity contribution in [1.82, 2.24) is 14.9 Å². The first-order chi connectivity index (χ1) is 7.99. The van der Waals surface area contributed by atoms with Crippen molar-refractivity contribution in [3.8, 4) is 0 Å². The van der Waals surface area contributed by atoms with Crippen molar-refractivity contribution in [2.24, 2.45) is 7.05 Å². The molecule has 0 bridgehead atoms. The second-order valence-corrected chi connectivity index (χ2v) is 3.95. The average Bonchev–Trinajstić information content (AvgIpc) is 2.79.